The van der Waals surface area contributed by atoms with Gasteiger partial charge in [-0.15, -0.1) is 0 Å². The van der Waals surface area contributed by atoms with Crippen LogP contribution in [0.25, 0.3) is 0 Å². The molecule has 0 fully saturated rings. The maximum atomic E-state index is 13.5. The van der Waals surface area contributed by atoms with E-state index >= 15 is 0 Å². The number of hydrogen-bond donors (Lipinski definition) is 2. The van der Waals surface area contributed by atoms with Crippen LogP contribution in [0.1, 0.15) is 16.1 Å². The van der Waals surface area contributed by atoms with E-state index in [0.29, 0.717) is 18.0 Å². The van der Waals surface area contributed by atoms with Crippen molar-refractivity contribution in [3.05, 3.63) is 83.8 Å². The first-order valence-corrected chi connectivity index (χ1v) is 8.30. The van der Waals surface area contributed by atoms with Crippen molar-refractivity contribution in [2.45, 2.75) is 6.54 Å². The Bertz CT molecular complexity index is 974. The average molecular weight is 386 g/mol. The van der Waals surface area contributed by atoms with Crippen molar-refractivity contribution < 1.29 is 27.5 Å². The maximum absolute atomic E-state index is 13.5. The van der Waals surface area contributed by atoms with Crippen LogP contribution < -0.4 is 10.6 Å². The van der Waals surface area contributed by atoms with Crippen LogP contribution in [0.3, 0.4) is 0 Å². The van der Waals surface area contributed by atoms with E-state index < -0.39 is 30.1 Å². The van der Waals surface area contributed by atoms with E-state index in [-0.39, 0.29) is 11.3 Å². The van der Waals surface area contributed by atoms with Gasteiger partial charge in [0.05, 0.1) is 24.1 Å². The lowest BCUT2D eigenvalue weighted by molar-refractivity contribution is -0.119. The van der Waals surface area contributed by atoms with Crippen LogP contribution in [-0.2, 0) is 16.1 Å². The van der Waals surface area contributed by atoms with Crippen molar-refractivity contribution in [1.29, 1.82) is 0 Å². The van der Waals surface area contributed by atoms with Gasteiger partial charge in [0, 0.05) is 11.8 Å². The van der Waals surface area contributed by atoms with Gasteiger partial charge in [-0.1, -0.05) is 12.1 Å². The predicted octanol–water partition coefficient (Wildman–Crippen LogP) is 3.97. The molecule has 28 heavy (non-hydrogen) atoms. The van der Waals surface area contributed by atoms with Crippen molar-refractivity contribution >= 4 is 23.3 Å². The summed E-state index contributed by atoms with van der Waals surface area (Å²) in [5.74, 6) is -2.35. The van der Waals surface area contributed by atoms with Gasteiger partial charge in [-0.05, 0) is 36.4 Å². The van der Waals surface area contributed by atoms with Crippen LogP contribution >= 0.6 is 0 Å². The molecular weight excluding hydrogens is 370 g/mol. The van der Waals surface area contributed by atoms with Crippen LogP contribution in [0.2, 0.25) is 0 Å². The Morgan fingerprint density at radius 3 is 2.61 bits per heavy atom. The third-order valence-electron chi connectivity index (χ3n) is 3.72. The summed E-state index contributed by atoms with van der Waals surface area (Å²) in [5, 5.41) is 5.21. The van der Waals surface area contributed by atoms with E-state index in [4.69, 9.17) is 9.15 Å². The molecule has 0 unspecified atom stereocenters. The van der Waals surface area contributed by atoms with Crippen LogP contribution in [0.4, 0.5) is 20.2 Å². The molecule has 1 amide bonds. The number of esters is 1. The Hall–Kier alpha value is -3.68. The van der Waals surface area contributed by atoms with Gasteiger partial charge in [-0.25, -0.2) is 13.6 Å². The second-order valence-corrected chi connectivity index (χ2v) is 5.73. The number of carbonyl (C=O) groups is 2. The Kier molecular flexibility index (Phi) is 6.01. The van der Waals surface area contributed by atoms with Gasteiger partial charge in [0.25, 0.3) is 5.91 Å². The Labute approximate surface area is 159 Å². The van der Waals surface area contributed by atoms with Crippen molar-refractivity contribution in [2.24, 2.45) is 0 Å². The summed E-state index contributed by atoms with van der Waals surface area (Å²) in [6.07, 6.45) is 1.54. The van der Waals surface area contributed by atoms with Crippen LogP contribution in [0.5, 0.6) is 0 Å². The van der Waals surface area contributed by atoms with Crippen molar-refractivity contribution in [1.82, 2.24) is 0 Å². The third-order valence-corrected chi connectivity index (χ3v) is 3.72. The lowest BCUT2D eigenvalue weighted by Gasteiger charge is -2.11. The molecule has 2 aromatic carbocycles. The molecule has 0 saturated carbocycles. The first-order chi connectivity index (χ1) is 13.5. The SMILES string of the molecule is O=C(COC(=O)c1ccccc1NCc1ccco1)Nc1cc(F)ccc1F. The highest BCUT2D eigenvalue weighted by Crippen LogP contribution is 2.18. The zero-order valence-corrected chi connectivity index (χ0v) is 14.6. The molecule has 8 heteroatoms. The fourth-order valence-electron chi connectivity index (χ4n) is 2.40. The number of amides is 1. The number of furan rings is 1. The number of ether oxygens (including phenoxy) is 1. The molecule has 0 saturated heterocycles. The Morgan fingerprint density at radius 2 is 1.82 bits per heavy atom. The van der Waals surface area contributed by atoms with Crippen LogP contribution in [0.15, 0.2) is 65.3 Å². The molecule has 1 heterocycles. The zero-order chi connectivity index (χ0) is 19.9. The molecule has 0 bridgehead atoms. The van der Waals surface area contributed by atoms with Crippen molar-refractivity contribution in [2.75, 3.05) is 17.2 Å². The van der Waals surface area contributed by atoms with E-state index in [0.717, 1.165) is 18.2 Å². The first-order valence-electron chi connectivity index (χ1n) is 8.30. The lowest BCUT2D eigenvalue weighted by Crippen LogP contribution is -2.22. The van der Waals surface area contributed by atoms with E-state index in [1.54, 1.807) is 30.3 Å². The molecule has 0 aliphatic heterocycles. The highest BCUT2D eigenvalue weighted by Gasteiger charge is 2.15. The summed E-state index contributed by atoms with van der Waals surface area (Å²) < 4.78 is 36.9. The maximum Gasteiger partial charge on any atom is 0.340 e. The van der Waals surface area contributed by atoms with Crippen LogP contribution in [0, 0.1) is 11.6 Å². The largest absolute Gasteiger partial charge is 0.467 e. The third kappa shape index (κ3) is 4.94. The second kappa shape index (κ2) is 8.81. The van der Waals surface area contributed by atoms with Crippen LogP contribution in [-0.4, -0.2) is 18.5 Å². The normalized spacial score (nSPS) is 10.4. The minimum absolute atomic E-state index is 0.221. The summed E-state index contributed by atoms with van der Waals surface area (Å²) in [7, 11) is 0. The van der Waals surface area contributed by atoms with E-state index in [1.807, 2.05) is 0 Å². The first kappa shape index (κ1) is 19.1. The highest BCUT2D eigenvalue weighted by molar-refractivity contribution is 5.98. The highest BCUT2D eigenvalue weighted by atomic mass is 19.1. The molecule has 3 aromatic rings. The number of rotatable bonds is 7. The summed E-state index contributed by atoms with van der Waals surface area (Å²) in [4.78, 5) is 24.2. The van der Waals surface area contributed by atoms with Gasteiger partial charge in [0.2, 0.25) is 0 Å². The molecule has 6 nitrogen and oxygen atoms in total. The number of anilines is 2. The quantitative estimate of drug-likeness (QED) is 0.601. The van der Waals surface area contributed by atoms with Gasteiger partial charge >= 0.3 is 5.97 Å². The smallest absolute Gasteiger partial charge is 0.340 e. The van der Waals surface area contributed by atoms with E-state index in [9.17, 15) is 18.4 Å². The van der Waals surface area contributed by atoms with E-state index in [1.165, 1.54) is 12.3 Å². The average Bonchev–Trinajstić information content (AvgIpc) is 3.21. The molecule has 2 N–H and O–H groups in total. The van der Waals surface area contributed by atoms with Gasteiger partial charge in [-0.3, -0.25) is 4.79 Å². The second-order valence-electron chi connectivity index (χ2n) is 5.73. The molecule has 144 valence electrons. The summed E-state index contributed by atoms with van der Waals surface area (Å²) in [5.41, 5.74) is 0.390. The Balaban J connectivity index is 1.58. The number of carbonyl (C=O) groups excluding carboxylic acids is 2. The lowest BCUT2D eigenvalue weighted by atomic mass is 10.2. The summed E-state index contributed by atoms with van der Waals surface area (Å²) in [6.45, 7) is -0.294. The molecular formula is C20H16F2N2O4. The molecule has 0 radical (unpaired) electrons. The van der Waals surface area contributed by atoms with Gasteiger partial charge in [0.1, 0.15) is 17.4 Å². The molecule has 1 aromatic heterocycles. The number of para-hydroxylation sites is 1. The van der Waals surface area contributed by atoms with E-state index in [2.05, 4.69) is 10.6 Å². The fourth-order valence-corrected chi connectivity index (χ4v) is 2.40. The summed E-state index contributed by atoms with van der Waals surface area (Å²) >= 11 is 0. The van der Waals surface area contributed by atoms with Gasteiger partial charge in [-0.2, -0.15) is 0 Å². The topological polar surface area (TPSA) is 80.6 Å². The van der Waals surface area contributed by atoms with Gasteiger partial charge < -0.3 is 19.8 Å². The molecule has 0 spiro atoms. The molecule has 0 aliphatic carbocycles. The number of benzene rings is 2. The zero-order valence-electron chi connectivity index (χ0n) is 14.6. The standard InChI is InChI=1S/C20H16F2N2O4/c21-13-7-8-16(22)18(10-13)24-19(25)12-28-20(26)15-5-1-2-6-17(15)23-11-14-4-3-9-27-14/h1-10,23H,11-12H2,(H,24,25). The minimum atomic E-state index is -0.798. The van der Waals surface area contributed by atoms with Crippen molar-refractivity contribution in [3.8, 4) is 0 Å². The molecule has 0 aliphatic rings. The van der Waals surface area contributed by atoms with Crippen molar-refractivity contribution in [3.63, 3.8) is 0 Å². The number of halogens is 2. The Morgan fingerprint density at radius 1 is 1.00 bits per heavy atom. The number of hydrogen-bond acceptors (Lipinski definition) is 5. The summed E-state index contributed by atoms with van der Waals surface area (Å²) in [6, 6.07) is 12.8. The predicted molar refractivity (Wildman–Crippen MR) is 97.7 cm³/mol. The molecule has 3 rings (SSSR count). The monoisotopic (exact) mass is 386 g/mol. The molecule has 0 atom stereocenters. The van der Waals surface area contributed by atoms with Gasteiger partial charge in [0.15, 0.2) is 6.61 Å². The number of nitrogens with one attached hydrogen (secondary N) is 2. The fraction of sp³-hybridized carbons (Fsp3) is 0.100. The minimum Gasteiger partial charge on any atom is -0.467 e.